The summed E-state index contributed by atoms with van der Waals surface area (Å²) in [6, 6.07) is 4.35. The summed E-state index contributed by atoms with van der Waals surface area (Å²) in [5.41, 5.74) is 8.18. The van der Waals surface area contributed by atoms with E-state index in [-0.39, 0.29) is 12.3 Å². The number of piperidine rings is 1. The van der Waals surface area contributed by atoms with Gasteiger partial charge < -0.3 is 10.0 Å². The number of hydrogen-bond donors (Lipinski definition) is 1. The van der Waals surface area contributed by atoms with Crippen molar-refractivity contribution in [2.45, 2.75) is 59.3 Å². The Morgan fingerprint density at radius 2 is 1.77 bits per heavy atom. The molecule has 3 aliphatic heterocycles. The molecule has 0 saturated carbocycles. The number of aryl methyl sites for hydroxylation is 2. The van der Waals surface area contributed by atoms with Crippen LogP contribution in [0.4, 0.5) is 0 Å². The number of aliphatic imine (C=N–C) groups is 2. The molecule has 3 aliphatic rings. The number of carboxylic acid groups (broad SMARTS) is 1. The molecule has 1 aromatic carbocycles. The number of carboxylic acids is 1. The van der Waals surface area contributed by atoms with Gasteiger partial charge in [-0.2, -0.15) is 0 Å². The summed E-state index contributed by atoms with van der Waals surface area (Å²) in [7, 11) is 0. The lowest BCUT2D eigenvalue weighted by molar-refractivity contribution is -0.137. The van der Waals surface area contributed by atoms with E-state index in [0.717, 1.165) is 65.3 Å². The molecular weight excluding hydrogens is 454 g/mol. The summed E-state index contributed by atoms with van der Waals surface area (Å²) >= 11 is 3.62. The van der Waals surface area contributed by atoms with Crippen molar-refractivity contribution in [3.63, 3.8) is 0 Å². The Labute approximate surface area is 192 Å². The molecule has 0 bridgehead atoms. The predicted octanol–water partition coefficient (Wildman–Crippen LogP) is 5.77. The molecule has 1 unspecified atom stereocenters. The molecule has 4 rings (SSSR count). The van der Waals surface area contributed by atoms with Crippen molar-refractivity contribution in [3.8, 4) is 0 Å². The summed E-state index contributed by atoms with van der Waals surface area (Å²) in [6.45, 7) is 10.3. The molecule has 0 aliphatic carbocycles. The van der Waals surface area contributed by atoms with E-state index in [2.05, 4.69) is 66.7 Å². The van der Waals surface area contributed by atoms with Crippen LogP contribution in [0, 0.1) is 19.8 Å². The fourth-order valence-corrected chi connectivity index (χ4v) is 5.87. The first-order valence-electron chi connectivity index (χ1n) is 11.0. The molecule has 0 amide bonds. The molecule has 1 saturated heterocycles. The zero-order chi connectivity index (χ0) is 22.3. The highest BCUT2D eigenvalue weighted by atomic mass is 79.9. The van der Waals surface area contributed by atoms with Gasteiger partial charge in [-0.15, -0.1) is 0 Å². The standard InChI is InChI=1S/C25H30BrN3O2/c1-14-11-19(26)12-15(2)22(14)23-17(4)28-25(20-13-16(3)27-24(20)23)29-9-7-18(8-10-29)5-6-21(30)31/h11-13,18,23H,5-10H2,1-4H3,(H,30,31). The van der Waals surface area contributed by atoms with E-state index in [1.165, 1.54) is 16.7 Å². The smallest absolute Gasteiger partial charge is 0.303 e. The van der Waals surface area contributed by atoms with Crippen LogP contribution in [0.5, 0.6) is 0 Å². The number of aliphatic carboxylic acids is 1. The van der Waals surface area contributed by atoms with E-state index < -0.39 is 5.97 Å². The molecule has 3 heterocycles. The first kappa shape index (κ1) is 22.0. The van der Waals surface area contributed by atoms with Gasteiger partial charge in [-0.25, -0.2) is 4.99 Å². The monoisotopic (exact) mass is 483 g/mol. The van der Waals surface area contributed by atoms with Crippen LogP contribution < -0.4 is 0 Å². The van der Waals surface area contributed by atoms with Crippen molar-refractivity contribution in [3.05, 3.63) is 56.5 Å². The second-order valence-electron chi connectivity index (χ2n) is 9.02. The molecule has 1 atom stereocenters. The maximum atomic E-state index is 10.9. The van der Waals surface area contributed by atoms with Crippen LogP contribution in [0.15, 0.2) is 49.8 Å². The Hall–Kier alpha value is -2.21. The number of nitrogens with zero attached hydrogens (tertiary/aromatic N) is 3. The Morgan fingerprint density at radius 1 is 1.13 bits per heavy atom. The average Bonchev–Trinajstić information content (AvgIpc) is 3.08. The predicted molar refractivity (Wildman–Crippen MR) is 129 cm³/mol. The van der Waals surface area contributed by atoms with Gasteiger partial charge >= 0.3 is 5.97 Å². The molecule has 5 nitrogen and oxygen atoms in total. The quantitative estimate of drug-likeness (QED) is 0.577. The summed E-state index contributed by atoms with van der Waals surface area (Å²) in [4.78, 5) is 23.4. The second-order valence-corrected chi connectivity index (χ2v) is 9.94. The minimum atomic E-state index is -0.697. The highest BCUT2D eigenvalue weighted by molar-refractivity contribution is 9.10. The van der Waals surface area contributed by atoms with Crippen molar-refractivity contribution < 1.29 is 9.90 Å². The Morgan fingerprint density at radius 3 is 2.39 bits per heavy atom. The van der Waals surface area contributed by atoms with E-state index in [1.54, 1.807) is 0 Å². The fraction of sp³-hybridized carbons (Fsp3) is 0.480. The molecule has 1 N–H and O–H groups in total. The van der Waals surface area contributed by atoms with Crippen LogP contribution in [0.25, 0.3) is 0 Å². The second kappa shape index (κ2) is 8.73. The SMILES string of the molecule is CC1=CC2=C(N3CCC(CCC(=O)O)CC3)N=C(C)C(c3c(C)cc(Br)cc3C)C2=N1. The number of likely N-dealkylation sites (tertiary alicyclic amines) is 1. The lowest BCUT2D eigenvalue weighted by Gasteiger charge is -2.37. The van der Waals surface area contributed by atoms with Crippen molar-refractivity contribution in [2.24, 2.45) is 15.9 Å². The zero-order valence-electron chi connectivity index (χ0n) is 18.7. The number of rotatable bonds is 5. The largest absolute Gasteiger partial charge is 0.481 e. The van der Waals surface area contributed by atoms with Gasteiger partial charge in [0.15, 0.2) is 0 Å². The van der Waals surface area contributed by atoms with Gasteiger partial charge in [-0.1, -0.05) is 15.9 Å². The van der Waals surface area contributed by atoms with Gasteiger partial charge in [0.05, 0.1) is 11.6 Å². The van der Waals surface area contributed by atoms with E-state index in [0.29, 0.717) is 5.92 Å². The number of hydrogen-bond acceptors (Lipinski definition) is 4. The maximum Gasteiger partial charge on any atom is 0.303 e. The van der Waals surface area contributed by atoms with E-state index in [4.69, 9.17) is 15.1 Å². The van der Waals surface area contributed by atoms with Gasteiger partial charge in [-0.05, 0) is 87.8 Å². The third kappa shape index (κ3) is 4.40. The molecule has 0 aromatic heterocycles. The van der Waals surface area contributed by atoms with Crippen LogP contribution in [-0.4, -0.2) is 40.5 Å². The van der Waals surface area contributed by atoms with Crippen LogP contribution in [0.1, 0.15) is 62.1 Å². The summed E-state index contributed by atoms with van der Waals surface area (Å²) in [6.07, 6.45) is 5.24. The van der Waals surface area contributed by atoms with Gasteiger partial charge in [-0.3, -0.25) is 9.79 Å². The van der Waals surface area contributed by atoms with E-state index >= 15 is 0 Å². The van der Waals surface area contributed by atoms with Crippen molar-refractivity contribution in [2.75, 3.05) is 13.1 Å². The molecule has 1 aromatic rings. The highest BCUT2D eigenvalue weighted by Gasteiger charge is 2.36. The third-order valence-electron chi connectivity index (χ3n) is 6.67. The van der Waals surface area contributed by atoms with Gasteiger partial charge in [0.1, 0.15) is 5.82 Å². The van der Waals surface area contributed by atoms with E-state index in [9.17, 15) is 4.79 Å². The Kier molecular flexibility index (Phi) is 6.20. The van der Waals surface area contributed by atoms with Crippen LogP contribution in [-0.2, 0) is 4.79 Å². The Bertz CT molecular complexity index is 1020. The molecule has 164 valence electrons. The molecule has 31 heavy (non-hydrogen) atoms. The maximum absolute atomic E-state index is 10.9. The first-order chi connectivity index (χ1) is 14.7. The highest BCUT2D eigenvalue weighted by Crippen LogP contribution is 2.40. The topological polar surface area (TPSA) is 65.3 Å². The van der Waals surface area contributed by atoms with Crippen molar-refractivity contribution >= 4 is 33.3 Å². The van der Waals surface area contributed by atoms with Gasteiger partial charge in [0.2, 0.25) is 0 Å². The van der Waals surface area contributed by atoms with Crippen LogP contribution in [0.3, 0.4) is 0 Å². The molecular formula is C25H30BrN3O2. The minimum absolute atomic E-state index is 0.0775. The molecule has 0 spiro atoms. The average molecular weight is 484 g/mol. The molecule has 0 radical (unpaired) electrons. The van der Waals surface area contributed by atoms with Gasteiger partial charge in [0, 0.05) is 41.0 Å². The lowest BCUT2D eigenvalue weighted by Crippen LogP contribution is -2.37. The molecule has 1 fully saturated rings. The summed E-state index contributed by atoms with van der Waals surface area (Å²) in [5, 5.41) is 8.97. The fourth-order valence-electron chi connectivity index (χ4n) is 5.18. The summed E-state index contributed by atoms with van der Waals surface area (Å²) in [5.74, 6) is 0.903. The van der Waals surface area contributed by atoms with Crippen LogP contribution in [0.2, 0.25) is 0 Å². The number of allylic oxidation sites excluding steroid dienone is 3. The number of halogens is 1. The number of carbonyl (C=O) groups is 1. The normalized spacial score (nSPS) is 21.6. The number of fused-ring (bicyclic) bond motifs is 1. The van der Waals surface area contributed by atoms with Crippen molar-refractivity contribution in [1.29, 1.82) is 0 Å². The number of benzene rings is 1. The third-order valence-corrected chi connectivity index (χ3v) is 7.13. The zero-order valence-corrected chi connectivity index (χ0v) is 20.3. The minimum Gasteiger partial charge on any atom is -0.481 e. The van der Waals surface area contributed by atoms with E-state index in [1.807, 2.05) is 0 Å². The van der Waals surface area contributed by atoms with Crippen LogP contribution >= 0.6 is 15.9 Å². The van der Waals surface area contributed by atoms with Gasteiger partial charge in [0.25, 0.3) is 0 Å². The lowest BCUT2D eigenvalue weighted by atomic mass is 9.80. The first-order valence-corrected chi connectivity index (χ1v) is 11.8. The van der Waals surface area contributed by atoms with Crippen molar-refractivity contribution in [1.82, 2.24) is 4.90 Å². The summed E-state index contributed by atoms with van der Waals surface area (Å²) < 4.78 is 1.10. The molecule has 6 heteroatoms. The Balaban J connectivity index is 1.63.